The maximum Gasteiger partial charge on any atom is 0.269 e. The van der Waals surface area contributed by atoms with Crippen LogP contribution in [-0.4, -0.2) is 27.5 Å². The van der Waals surface area contributed by atoms with Crippen molar-refractivity contribution in [1.29, 1.82) is 0 Å². The maximum absolute atomic E-state index is 12.4. The van der Waals surface area contributed by atoms with Crippen LogP contribution >= 0.6 is 39.0 Å². The lowest BCUT2D eigenvalue weighted by Gasteiger charge is -2.05. The SMILES string of the molecule is O=C(CSc1nc2ccc(NC(=O)c3ccc(Br)cc3)cc2s1)Nc1ccc([N+](=O)[O-])cc1. The van der Waals surface area contributed by atoms with Crippen LogP contribution in [0.4, 0.5) is 17.1 Å². The molecule has 0 aliphatic carbocycles. The van der Waals surface area contributed by atoms with Crippen molar-refractivity contribution in [3.63, 3.8) is 0 Å². The monoisotopic (exact) mass is 542 g/mol. The van der Waals surface area contributed by atoms with E-state index in [1.165, 1.54) is 47.4 Å². The van der Waals surface area contributed by atoms with E-state index >= 15 is 0 Å². The predicted octanol–water partition coefficient (Wildman–Crippen LogP) is 5.95. The first-order valence-corrected chi connectivity index (χ1v) is 12.1. The zero-order valence-corrected chi connectivity index (χ0v) is 20.0. The van der Waals surface area contributed by atoms with Gasteiger partial charge in [0.2, 0.25) is 5.91 Å². The first kappa shape index (κ1) is 22.9. The van der Waals surface area contributed by atoms with Crippen LogP contribution in [0.1, 0.15) is 10.4 Å². The Balaban J connectivity index is 1.36. The summed E-state index contributed by atoms with van der Waals surface area (Å²) in [4.78, 5) is 39.4. The fraction of sp³-hybridized carbons (Fsp3) is 0.0455. The third kappa shape index (κ3) is 5.95. The Morgan fingerprint density at radius 1 is 1.00 bits per heavy atom. The number of thiazole rings is 1. The molecule has 0 saturated carbocycles. The van der Waals surface area contributed by atoms with Crippen molar-refractivity contribution in [2.75, 3.05) is 16.4 Å². The molecular formula is C22H15BrN4O4S2. The van der Waals surface area contributed by atoms with Gasteiger partial charge in [-0.25, -0.2) is 4.98 Å². The van der Waals surface area contributed by atoms with Gasteiger partial charge >= 0.3 is 0 Å². The van der Waals surface area contributed by atoms with Crippen LogP contribution in [0.3, 0.4) is 0 Å². The van der Waals surface area contributed by atoms with E-state index in [-0.39, 0.29) is 23.3 Å². The molecule has 33 heavy (non-hydrogen) atoms. The Morgan fingerprint density at radius 3 is 2.39 bits per heavy atom. The van der Waals surface area contributed by atoms with E-state index in [1.54, 1.807) is 18.2 Å². The molecule has 2 amide bonds. The highest BCUT2D eigenvalue weighted by atomic mass is 79.9. The van der Waals surface area contributed by atoms with Gasteiger partial charge in [-0.3, -0.25) is 19.7 Å². The van der Waals surface area contributed by atoms with Crippen LogP contribution in [0.5, 0.6) is 0 Å². The molecule has 166 valence electrons. The van der Waals surface area contributed by atoms with Crippen molar-refractivity contribution >= 4 is 78.1 Å². The minimum atomic E-state index is -0.494. The molecule has 0 aliphatic rings. The van der Waals surface area contributed by atoms with Gasteiger partial charge in [-0.1, -0.05) is 27.7 Å². The summed E-state index contributed by atoms with van der Waals surface area (Å²) < 4.78 is 2.51. The molecule has 0 atom stereocenters. The number of carbonyl (C=O) groups excluding carboxylic acids is 2. The number of nitrogens with zero attached hydrogens (tertiary/aromatic N) is 2. The van der Waals surface area contributed by atoms with Gasteiger partial charge in [-0.05, 0) is 54.6 Å². The van der Waals surface area contributed by atoms with E-state index in [0.29, 0.717) is 16.9 Å². The zero-order chi connectivity index (χ0) is 23.4. The highest BCUT2D eigenvalue weighted by molar-refractivity contribution is 9.10. The van der Waals surface area contributed by atoms with E-state index < -0.39 is 4.92 Å². The molecule has 0 radical (unpaired) electrons. The van der Waals surface area contributed by atoms with Crippen LogP contribution < -0.4 is 10.6 Å². The third-order valence-electron chi connectivity index (χ3n) is 4.42. The Morgan fingerprint density at radius 2 is 1.70 bits per heavy atom. The summed E-state index contributed by atoms with van der Waals surface area (Å²) in [6.45, 7) is 0. The maximum atomic E-state index is 12.4. The molecule has 3 aromatic carbocycles. The first-order valence-electron chi connectivity index (χ1n) is 9.52. The van der Waals surface area contributed by atoms with E-state index in [0.717, 1.165) is 19.0 Å². The molecule has 0 spiro atoms. The third-order valence-corrected chi connectivity index (χ3v) is 7.11. The smallest absolute Gasteiger partial charge is 0.269 e. The number of fused-ring (bicyclic) bond motifs is 1. The van der Waals surface area contributed by atoms with E-state index in [9.17, 15) is 19.7 Å². The largest absolute Gasteiger partial charge is 0.325 e. The molecule has 4 aromatic rings. The van der Waals surface area contributed by atoms with Gasteiger partial charge in [-0.15, -0.1) is 11.3 Å². The van der Waals surface area contributed by atoms with E-state index in [4.69, 9.17) is 0 Å². The molecule has 0 bridgehead atoms. The Bertz CT molecular complexity index is 1340. The van der Waals surface area contributed by atoms with Gasteiger partial charge in [0.1, 0.15) is 0 Å². The van der Waals surface area contributed by atoms with Crippen LogP contribution in [0, 0.1) is 10.1 Å². The Hall–Kier alpha value is -3.28. The van der Waals surface area contributed by atoms with Crippen molar-refractivity contribution in [2.45, 2.75) is 4.34 Å². The van der Waals surface area contributed by atoms with Crippen molar-refractivity contribution in [1.82, 2.24) is 4.98 Å². The number of non-ortho nitro benzene ring substituents is 1. The normalized spacial score (nSPS) is 10.7. The van der Waals surface area contributed by atoms with Crippen molar-refractivity contribution < 1.29 is 14.5 Å². The lowest BCUT2D eigenvalue weighted by atomic mass is 10.2. The number of rotatable bonds is 7. The van der Waals surface area contributed by atoms with E-state index in [1.807, 2.05) is 24.3 Å². The number of benzene rings is 3. The van der Waals surface area contributed by atoms with E-state index in [2.05, 4.69) is 31.5 Å². The molecule has 1 heterocycles. The molecule has 0 unspecified atom stereocenters. The molecule has 0 fully saturated rings. The van der Waals surface area contributed by atoms with Crippen LogP contribution in [0.15, 0.2) is 75.5 Å². The number of anilines is 2. The number of halogens is 1. The summed E-state index contributed by atoms with van der Waals surface area (Å²) >= 11 is 6.07. The number of nitro benzene ring substituents is 1. The predicted molar refractivity (Wildman–Crippen MR) is 134 cm³/mol. The number of aromatic nitrogens is 1. The number of nitro groups is 1. The Kier molecular flexibility index (Phi) is 7.02. The number of amides is 2. The van der Waals surface area contributed by atoms with Crippen LogP contribution in [-0.2, 0) is 4.79 Å². The lowest BCUT2D eigenvalue weighted by Crippen LogP contribution is -2.13. The van der Waals surface area contributed by atoms with Crippen LogP contribution in [0.25, 0.3) is 10.2 Å². The van der Waals surface area contributed by atoms with Crippen molar-refractivity contribution in [2.24, 2.45) is 0 Å². The number of hydrogen-bond donors (Lipinski definition) is 2. The zero-order valence-electron chi connectivity index (χ0n) is 16.8. The minimum absolute atomic E-state index is 0.0377. The second-order valence-electron chi connectivity index (χ2n) is 6.76. The van der Waals surface area contributed by atoms with Gasteiger partial charge in [0.15, 0.2) is 4.34 Å². The summed E-state index contributed by atoms with van der Waals surface area (Å²) in [7, 11) is 0. The first-order chi connectivity index (χ1) is 15.9. The van der Waals surface area contributed by atoms with Crippen LogP contribution in [0.2, 0.25) is 0 Å². The molecule has 1 aromatic heterocycles. The second kappa shape index (κ2) is 10.1. The molecule has 4 rings (SSSR count). The average molecular weight is 543 g/mol. The lowest BCUT2D eigenvalue weighted by molar-refractivity contribution is -0.384. The van der Waals surface area contributed by atoms with Gasteiger partial charge in [-0.2, -0.15) is 0 Å². The summed E-state index contributed by atoms with van der Waals surface area (Å²) in [5.41, 5.74) is 2.44. The number of hydrogen-bond acceptors (Lipinski definition) is 7. The fourth-order valence-electron chi connectivity index (χ4n) is 2.84. The van der Waals surface area contributed by atoms with Crippen molar-refractivity contribution in [3.8, 4) is 0 Å². The minimum Gasteiger partial charge on any atom is -0.325 e. The van der Waals surface area contributed by atoms with Gasteiger partial charge in [0.25, 0.3) is 11.6 Å². The van der Waals surface area contributed by atoms with Gasteiger partial charge in [0.05, 0.1) is 20.9 Å². The molecule has 0 saturated heterocycles. The molecule has 0 aliphatic heterocycles. The topological polar surface area (TPSA) is 114 Å². The highest BCUT2D eigenvalue weighted by Gasteiger charge is 2.11. The molecular weight excluding hydrogens is 528 g/mol. The fourth-order valence-corrected chi connectivity index (χ4v) is 5.01. The Labute approximate surface area is 204 Å². The van der Waals surface area contributed by atoms with Crippen molar-refractivity contribution in [3.05, 3.63) is 86.9 Å². The average Bonchev–Trinajstić information content (AvgIpc) is 3.21. The summed E-state index contributed by atoms with van der Waals surface area (Å²) in [5, 5.41) is 16.3. The molecule has 8 nitrogen and oxygen atoms in total. The second-order valence-corrected chi connectivity index (χ2v) is 9.93. The summed E-state index contributed by atoms with van der Waals surface area (Å²) in [6, 6.07) is 18.2. The summed E-state index contributed by atoms with van der Waals surface area (Å²) in [5.74, 6) is -0.302. The number of nitrogens with one attached hydrogen (secondary N) is 2. The molecule has 11 heteroatoms. The number of thioether (sulfide) groups is 1. The number of carbonyl (C=O) groups is 2. The standard InChI is InChI=1S/C22H15BrN4O4S2/c23-14-3-1-13(2-4-14)21(29)25-16-7-10-18-19(11-16)33-22(26-18)32-12-20(28)24-15-5-8-17(9-6-15)27(30)31/h1-11H,12H2,(H,24,28)(H,25,29). The van der Waals surface area contributed by atoms with Gasteiger partial charge in [0, 0.05) is 33.5 Å². The highest BCUT2D eigenvalue weighted by Crippen LogP contribution is 2.31. The summed E-state index contributed by atoms with van der Waals surface area (Å²) in [6.07, 6.45) is 0. The van der Waals surface area contributed by atoms with Gasteiger partial charge < -0.3 is 10.6 Å². The molecule has 2 N–H and O–H groups in total. The quantitative estimate of drug-likeness (QED) is 0.169.